The van der Waals surface area contributed by atoms with Crippen LogP contribution >= 0.6 is 0 Å². The number of hydrogen-bond acceptors (Lipinski definition) is 5. The molecule has 13 heavy (non-hydrogen) atoms. The van der Waals surface area contributed by atoms with Gasteiger partial charge in [-0.3, -0.25) is 0 Å². The van der Waals surface area contributed by atoms with E-state index >= 15 is 0 Å². The van der Waals surface area contributed by atoms with Crippen molar-refractivity contribution in [1.29, 1.82) is 0 Å². The van der Waals surface area contributed by atoms with Gasteiger partial charge in [0.2, 0.25) is 11.6 Å². The minimum absolute atomic E-state index is 0.102. The third-order valence-electron chi connectivity index (χ3n) is 1.43. The van der Waals surface area contributed by atoms with Gasteiger partial charge >= 0.3 is 5.97 Å². The van der Waals surface area contributed by atoms with Gasteiger partial charge in [0.05, 0.1) is 26.1 Å². The molecule has 0 aromatic carbocycles. The zero-order valence-corrected chi connectivity index (χ0v) is 7.70. The van der Waals surface area contributed by atoms with Crippen molar-refractivity contribution in [3.05, 3.63) is 17.6 Å². The van der Waals surface area contributed by atoms with Crippen LogP contribution in [0.3, 0.4) is 0 Å². The Morgan fingerprint density at radius 1 is 1.46 bits per heavy atom. The highest BCUT2D eigenvalue weighted by Gasteiger charge is 2.15. The summed E-state index contributed by atoms with van der Waals surface area (Å²) < 4.78 is 9.36. The number of rotatable bonds is 2. The van der Waals surface area contributed by atoms with E-state index in [0.29, 0.717) is 5.69 Å². The van der Waals surface area contributed by atoms with Crippen molar-refractivity contribution in [2.45, 2.75) is 6.92 Å². The molecule has 1 rings (SSSR count). The maximum absolute atomic E-state index is 11.1. The molecule has 0 spiro atoms. The minimum atomic E-state index is -0.548. The van der Waals surface area contributed by atoms with E-state index in [-0.39, 0.29) is 11.6 Å². The number of esters is 1. The smallest absolute Gasteiger partial charge is 0.362 e. The Hall–Kier alpha value is -1.65. The van der Waals surface area contributed by atoms with Gasteiger partial charge in [-0.1, -0.05) is 0 Å². The zero-order chi connectivity index (χ0) is 9.84. The molecule has 5 heteroatoms. The Morgan fingerprint density at radius 2 is 2.15 bits per heavy atom. The maximum atomic E-state index is 11.1. The first-order valence-electron chi connectivity index (χ1n) is 3.65. The molecule has 0 aliphatic rings. The van der Waals surface area contributed by atoms with E-state index in [4.69, 9.17) is 4.74 Å². The summed E-state index contributed by atoms with van der Waals surface area (Å²) >= 11 is 0. The number of hydrogen-bond donors (Lipinski definition) is 0. The normalized spacial score (nSPS) is 9.46. The Morgan fingerprint density at radius 3 is 2.69 bits per heavy atom. The van der Waals surface area contributed by atoms with Crippen molar-refractivity contribution < 1.29 is 14.3 Å². The van der Waals surface area contributed by atoms with Gasteiger partial charge in [-0.05, 0) is 6.92 Å². The van der Waals surface area contributed by atoms with Crippen molar-refractivity contribution in [2.24, 2.45) is 0 Å². The molecule has 0 amide bonds. The van der Waals surface area contributed by atoms with Crippen LogP contribution in [-0.4, -0.2) is 30.2 Å². The fraction of sp³-hybridized carbons (Fsp3) is 0.375. The molecular weight excluding hydrogens is 172 g/mol. The first kappa shape index (κ1) is 9.44. The lowest BCUT2D eigenvalue weighted by molar-refractivity contribution is 0.0588. The van der Waals surface area contributed by atoms with Gasteiger partial charge in [0.15, 0.2) is 0 Å². The van der Waals surface area contributed by atoms with Gasteiger partial charge in [0.25, 0.3) is 0 Å². The lowest BCUT2D eigenvalue weighted by Crippen LogP contribution is -2.09. The Bertz CT molecular complexity index is 325. The minimum Gasteiger partial charge on any atom is -0.479 e. The third-order valence-corrected chi connectivity index (χ3v) is 1.43. The van der Waals surface area contributed by atoms with Gasteiger partial charge in [0, 0.05) is 0 Å². The average Bonchev–Trinajstić information content (AvgIpc) is 2.16. The Labute approximate surface area is 75.7 Å². The predicted octanol–water partition coefficient (Wildman–Crippen LogP) is 0.580. The molecular formula is C8H10N2O3. The third kappa shape index (κ3) is 1.93. The van der Waals surface area contributed by atoms with E-state index < -0.39 is 5.97 Å². The highest BCUT2D eigenvalue weighted by molar-refractivity contribution is 5.89. The highest BCUT2D eigenvalue weighted by Crippen LogP contribution is 2.12. The van der Waals surface area contributed by atoms with Crippen molar-refractivity contribution in [1.82, 2.24) is 9.97 Å². The molecule has 0 saturated carbocycles. The summed E-state index contributed by atoms with van der Waals surface area (Å²) in [7, 11) is 2.71. The predicted molar refractivity (Wildman–Crippen MR) is 44.7 cm³/mol. The van der Waals surface area contributed by atoms with E-state index in [1.54, 1.807) is 6.92 Å². The summed E-state index contributed by atoms with van der Waals surface area (Å²) in [6, 6.07) is 0. The maximum Gasteiger partial charge on any atom is 0.362 e. The lowest BCUT2D eigenvalue weighted by atomic mass is 10.4. The quantitative estimate of drug-likeness (QED) is 0.626. The molecule has 0 fully saturated rings. The second-order valence-corrected chi connectivity index (χ2v) is 2.36. The van der Waals surface area contributed by atoms with Crippen LogP contribution in [0.1, 0.15) is 16.2 Å². The molecule has 0 saturated heterocycles. The van der Waals surface area contributed by atoms with Crippen LogP contribution in [0.15, 0.2) is 6.20 Å². The van der Waals surface area contributed by atoms with Crippen molar-refractivity contribution in [3.63, 3.8) is 0 Å². The Kier molecular flexibility index (Phi) is 2.79. The zero-order valence-electron chi connectivity index (χ0n) is 7.70. The Balaban J connectivity index is 3.15. The number of aryl methyl sites for hydroxylation is 1. The molecule has 70 valence electrons. The van der Waals surface area contributed by atoms with Crippen LogP contribution in [0.4, 0.5) is 0 Å². The standard InChI is InChI=1S/C8H10N2O3/c1-5-4-9-7(12-2)6(10-5)8(11)13-3/h4H,1-3H3. The summed E-state index contributed by atoms with van der Waals surface area (Å²) in [6.45, 7) is 1.74. The van der Waals surface area contributed by atoms with Crippen LogP contribution in [0, 0.1) is 6.92 Å². The van der Waals surface area contributed by atoms with E-state index in [9.17, 15) is 4.79 Å². The molecule has 0 atom stereocenters. The molecule has 0 bridgehead atoms. The van der Waals surface area contributed by atoms with Crippen LogP contribution in [0.2, 0.25) is 0 Å². The molecule has 0 aliphatic heterocycles. The number of nitrogens with zero attached hydrogens (tertiary/aromatic N) is 2. The summed E-state index contributed by atoms with van der Waals surface area (Å²) in [5, 5.41) is 0. The lowest BCUT2D eigenvalue weighted by Gasteiger charge is -2.04. The number of ether oxygens (including phenoxy) is 2. The summed E-state index contributed by atoms with van der Waals surface area (Å²) in [5.41, 5.74) is 0.742. The van der Waals surface area contributed by atoms with Crippen LogP contribution < -0.4 is 4.74 Å². The van der Waals surface area contributed by atoms with Crippen LogP contribution in [-0.2, 0) is 4.74 Å². The van der Waals surface area contributed by atoms with Gasteiger partial charge in [-0.25, -0.2) is 14.8 Å². The monoisotopic (exact) mass is 182 g/mol. The average molecular weight is 182 g/mol. The van der Waals surface area contributed by atoms with E-state index in [0.717, 1.165) is 0 Å². The van der Waals surface area contributed by atoms with Crippen LogP contribution in [0.25, 0.3) is 0 Å². The molecule has 1 aromatic heterocycles. The molecule has 0 unspecified atom stereocenters. The second kappa shape index (κ2) is 3.84. The van der Waals surface area contributed by atoms with Gasteiger partial charge < -0.3 is 9.47 Å². The molecule has 5 nitrogen and oxygen atoms in total. The van der Waals surface area contributed by atoms with Crippen molar-refractivity contribution >= 4 is 5.97 Å². The molecule has 0 N–H and O–H groups in total. The van der Waals surface area contributed by atoms with E-state index in [2.05, 4.69) is 14.7 Å². The largest absolute Gasteiger partial charge is 0.479 e. The fourth-order valence-corrected chi connectivity index (χ4v) is 0.845. The van der Waals surface area contributed by atoms with Gasteiger partial charge in [0.1, 0.15) is 0 Å². The molecule has 0 radical (unpaired) electrons. The van der Waals surface area contributed by atoms with E-state index in [1.807, 2.05) is 0 Å². The van der Waals surface area contributed by atoms with Crippen molar-refractivity contribution in [3.8, 4) is 5.88 Å². The number of methoxy groups -OCH3 is 2. The fourth-order valence-electron chi connectivity index (χ4n) is 0.845. The topological polar surface area (TPSA) is 61.3 Å². The number of carbonyl (C=O) groups is 1. The van der Waals surface area contributed by atoms with Crippen molar-refractivity contribution in [2.75, 3.05) is 14.2 Å². The second-order valence-electron chi connectivity index (χ2n) is 2.36. The SMILES string of the molecule is COC(=O)c1nc(C)cnc1OC. The number of aromatic nitrogens is 2. The summed E-state index contributed by atoms with van der Waals surface area (Å²) in [5.74, 6) is -0.370. The molecule has 0 aliphatic carbocycles. The van der Waals surface area contributed by atoms with Crippen LogP contribution in [0.5, 0.6) is 5.88 Å². The first-order valence-corrected chi connectivity index (χ1v) is 3.65. The van der Waals surface area contributed by atoms with Gasteiger partial charge in [-0.2, -0.15) is 0 Å². The van der Waals surface area contributed by atoms with E-state index in [1.165, 1.54) is 20.4 Å². The summed E-state index contributed by atoms with van der Waals surface area (Å²) in [6.07, 6.45) is 1.52. The number of carbonyl (C=O) groups excluding carboxylic acids is 1. The first-order chi connectivity index (χ1) is 6.19. The summed E-state index contributed by atoms with van der Waals surface area (Å²) in [4.78, 5) is 19.0. The highest BCUT2D eigenvalue weighted by atomic mass is 16.5. The molecule has 1 aromatic rings. The molecule has 1 heterocycles. The van der Waals surface area contributed by atoms with Gasteiger partial charge in [-0.15, -0.1) is 0 Å².